The molecule has 0 spiro atoms. The van der Waals surface area contributed by atoms with Crippen molar-refractivity contribution in [3.8, 4) is 57.1 Å². The van der Waals surface area contributed by atoms with Gasteiger partial charge in [-0.3, -0.25) is 38.4 Å². The van der Waals surface area contributed by atoms with Crippen LogP contribution in [0.3, 0.4) is 0 Å². The highest BCUT2D eigenvalue weighted by atomic mass is 35.5. The third kappa shape index (κ3) is 16.4. The molecule has 26 nitrogen and oxygen atoms in total. The van der Waals surface area contributed by atoms with E-state index in [1.807, 2.05) is 13.8 Å². The number of fused-ring (bicyclic) bond motifs is 15. The molecule has 0 radical (unpaired) electrons. The Morgan fingerprint density at radius 1 is 0.615 bits per heavy atom. The zero-order chi connectivity index (χ0) is 66.0. The van der Waals surface area contributed by atoms with Crippen molar-refractivity contribution in [2.75, 3.05) is 20.1 Å². The van der Waals surface area contributed by atoms with Gasteiger partial charge in [-0.1, -0.05) is 93.8 Å². The maximum atomic E-state index is 15.6. The molecule has 9 atom stereocenters. The summed E-state index contributed by atoms with van der Waals surface area (Å²) in [6.07, 6.45) is 2.39. The molecule has 11 bridgehead atoms. The Bertz CT molecular complexity index is 3590. The Labute approximate surface area is 533 Å². The number of hydrogen-bond acceptors (Lipinski definition) is 18. The molecule has 10 rings (SSSR count). The number of benzene rings is 5. The molecule has 8 amide bonds. The van der Waals surface area contributed by atoms with Crippen LogP contribution in [0, 0.1) is 5.92 Å². The van der Waals surface area contributed by atoms with Gasteiger partial charge >= 0.3 is 0 Å². The Hall–Kier alpha value is -8.92. The number of hydrogen-bond donors (Lipinski definition) is 16. The summed E-state index contributed by atoms with van der Waals surface area (Å²) in [4.78, 5) is 117. The van der Waals surface area contributed by atoms with Gasteiger partial charge in [-0.2, -0.15) is 0 Å². The van der Waals surface area contributed by atoms with Crippen molar-refractivity contribution >= 4 is 70.5 Å². The minimum absolute atomic E-state index is 0.0328. The average Bonchev–Trinajstić information content (AvgIpc) is 0.786. The lowest BCUT2D eigenvalue weighted by molar-refractivity contribution is -0.138. The van der Waals surface area contributed by atoms with Gasteiger partial charge in [-0.05, 0) is 121 Å². The second-order valence-corrected chi connectivity index (χ2v) is 23.8. The number of rotatable bonds is 18. The Morgan fingerprint density at radius 2 is 1.19 bits per heavy atom. The van der Waals surface area contributed by atoms with Gasteiger partial charge in [-0.25, -0.2) is 0 Å². The molecule has 91 heavy (non-hydrogen) atoms. The average molecular weight is 1300 g/mol. The maximum Gasteiger partial charge on any atom is 0.248 e. The zero-order valence-corrected chi connectivity index (χ0v) is 51.5. The minimum Gasteiger partial charge on any atom is -0.508 e. The molecule has 0 saturated heterocycles. The first kappa shape index (κ1) is 68.0. The van der Waals surface area contributed by atoms with E-state index in [0.717, 1.165) is 81.3 Å². The molecule has 0 saturated carbocycles. The fourth-order valence-corrected chi connectivity index (χ4v) is 11.5. The molecule has 486 valence electrons. The number of phenols is 4. The first-order chi connectivity index (χ1) is 43.4. The number of carbonyl (C=O) groups excluding carboxylic acids is 8. The molecule has 5 aromatic rings. The number of primary amides is 1. The summed E-state index contributed by atoms with van der Waals surface area (Å²) in [5.74, 6) is -13.4. The van der Waals surface area contributed by atoms with Crippen LogP contribution < -0.4 is 63.5 Å². The van der Waals surface area contributed by atoms with Gasteiger partial charge < -0.3 is 94.1 Å². The van der Waals surface area contributed by atoms with Crippen LogP contribution in [0.5, 0.6) is 46.0 Å². The molecule has 5 heterocycles. The van der Waals surface area contributed by atoms with Crippen LogP contribution in [0.25, 0.3) is 11.1 Å². The molecule has 0 aromatic heterocycles. The van der Waals surface area contributed by atoms with Crippen molar-refractivity contribution in [2.24, 2.45) is 17.4 Å². The van der Waals surface area contributed by atoms with Gasteiger partial charge in [0.1, 0.15) is 77.2 Å². The van der Waals surface area contributed by atoms with Crippen molar-refractivity contribution < 1.29 is 78.5 Å². The van der Waals surface area contributed by atoms with E-state index in [1.54, 1.807) is 0 Å². The molecule has 18 N–H and O–H groups in total. The Kier molecular flexibility index (Phi) is 22.6. The first-order valence-electron chi connectivity index (χ1n) is 29.7. The van der Waals surface area contributed by atoms with Crippen molar-refractivity contribution in [1.82, 2.24) is 42.5 Å². The van der Waals surface area contributed by atoms with Gasteiger partial charge in [0, 0.05) is 23.7 Å². The minimum atomic E-state index is -2.15. The van der Waals surface area contributed by atoms with E-state index >= 15 is 14.4 Å². The third-order valence-corrected chi connectivity index (χ3v) is 16.4. The molecular weight excluding hydrogens is 1220 g/mol. The number of carbonyl (C=O) groups is 8. The predicted molar refractivity (Wildman–Crippen MR) is 332 cm³/mol. The van der Waals surface area contributed by atoms with Gasteiger partial charge in [-0.15, -0.1) is 0 Å². The molecular formula is C63H74Cl2N10O16. The monoisotopic (exact) mass is 1300 g/mol. The number of nitrogens with one attached hydrogen (secondary N) is 8. The highest BCUT2D eigenvalue weighted by Gasteiger charge is 2.42. The number of nitrogens with two attached hydrogens (primary N) is 2. The van der Waals surface area contributed by atoms with Crippen LogP contribution in [-0.4, -0.2) is 122 Å². The molecule has 0 unspecified atom stereocenters. The van der Waals surface area contributed by atoms with Crippen molar-refractivity contribution in [1.29, 1.82) is 0 Å². The topological polar surface area (TPSA) is 425 Å². The van der Waals surface area contributed by atoms with Gasteiger partial charge in [0.05, 0.1) is 22.5 Å². The van der Waals surface area contributed by atoms with Crippen LogP contribution in [-0.2, 0) is 38.4 Å². The summed E-state index contributed by atoms with van der Waals surface area (Å²) in [5.41, 5.74) is 9.62. The predicted octanol–water partition coefficient (Wildman–Crippen LogP) is 4.51. The number of halogens is 2. The van der Waals surface area contributed by atoms with Crippen molar-refractivity contribution in [3.63, 3.8) is 0 Å². The summed E-state index contributed by atoms with van der Waals surface area (Å²) >= 11 is 13.7. The summed E-state index contributed by atoms with van der Waals surface area (Å²) in [6.45, 7) is 4.43. The second kappa shape index (κ2) is 30.3. The number of ether oxygens (including phenoxy) is 2. The van der Waals surface area contributed by atoms with E-state index in [-0.39, 0.29) is 79.4 Å². The van der Waals surface area contributed by atoms with E-state index in [2.05, 4.69) is 42.5 Å². The van der Waals surface area contributed by atoms with E-state index in [4.69, 9.17) is 44.1 Å². The number of likely N-dealkylation sites (N-methyl/N-ethyl adjacent to an activating group) is 1. The number of aliphatic hydroxyl groups excluding tert-OH is 2. The molecule has 0 aliphatic carbocycles. The van der Waals surface area contributed by atoms with Crippen LogP contribution in [0.1, 0.15) is 136 Å². The highest BCUT2D eigenvalue weighted by molar-refractivity contribution is 6.32. The molecule has 28 heteroatoms. The summed E-state index contributed by atoms with van der Waals surface area (Å²) < 4.78 is 12.4. The van der Waals surface area contributed by atoms with Crippen LogP contribution in [0.15, 0.2) is 78.9 Å². The highest BCUT2D eigenvalue weighted by Crippen LogP contribution is 2.48. The van der Waals surface area contributed by atoms with E-state index in [1.165, 1.54) is 49.5 Å². The van der Waals surface area contributed by atoms with Gasteiger partial charge in [0.15, 0.2) is 11.5 Å². The number of aromatic hydroxyl groups is 4. The fraction of sp³-hybridized carbons (Fsp3) is 0.397. The lowest BCUT2D eigenvalue weighted by Gasteiger charge is -2.31. The van der Waals surface area contributed by atoms with E-state index in [0.29, 0.717) is 13.0 Å². The van der Waals surface area contributed by atoms with E-state index in [9.17, 15) is 54.6 Å². The van der Waals surface area contributed by atoms with Gasteiger partial charge in [0.2, 0.25) is 53.0 Å². The second-order valence-electron chi connectivity index (χ2n) is 23.0. The smallest absolute Gasteiger partial charge is 0.248 e. The Morgan fingerprint density at radius 3 is 1.78 bits per heavy atom. The molecule has 0 fully saturated rings. The molecule has 5 aliphatic heterocycles. The number of phenolic OH excluding ortho intramolecular Hbond substituents is 4. The summed E-state index contributed by atoms with van der Waals surface area (Å²) in [7, 11) is 1.51. The van der Waals surface area contributed by atoms with Gasteiger partial charge in [0.25, 0.3) is 0 Å². The zero-order valence-electron chi connectivity index (χ0n) is 49.9. The van der Waals surface area contributed by atoms with Crippen molar-refractivity contribution in [2.45, 2.75) is 133 Å². The fourth-order valence-electron chi connectivity index (χ4n) is 11.0. The number of amides is 8. The Balaban J connectivity index is 1.29. The molecule has 5 aromatic carbocycles. The third-order valence-electron chi connectivity index (χ3n) is 15.8. The van der Waals surface area contributed by atoms with E-state index < -0.39 is 143 Å². The first-order valence-corrected chi connectivity index (χ1v) is 30.5. The summed E-state index contributed by atoms with van der Waals surface area (Å²) in [6, 6.07) is 1.88. The molecule has 5 aliphatic rings. The largest absolute Gasteiger partial charge is 0.508 e. The lowest BCUT2D eigenvalue weighted by Crippen LogP contribution is -2.59. The standard InChI is InChI=1S/C63H74Cl2N10O16/c1-29(2)20-39(68-3)57(83)74-52-54(80)31-13-16-43(37(64)22-31)90-45-24-33-25-46(56(45)82)91-44-17-14-32(23-38(44)65)55(81)53-63(89)73-51(59(85)69-19-11-9-7-5-4-6-8-10-18-66)36-26-34(76)27-42(78)48(36)35-21-30(12-15-41(35)77)49(60(86)75-53)72-61(87)50(33)71-58(84)40(28-47(67)79)70-62(52)88/h12-17,21-27,29,39-40,49-55,68,76-78,80-82H,4-11,18-20,28,66H2,1-3H3,(H2,67,79)(H,69,85)(H,70,88)(H,71,84)(H,72,87)(H,73,89)(H,74,83)(H,75,86)/t39-,40+,49-,50-,51+,52-,53+,54-,55-/m1/s1. The van der Waals surface area contributed by atoms with Crippen molar-refractivity contribution in [3.05, 3.63) is 117 Å². The van der Waals surface area contributed by atoms with Crippen LogP contribution in [0.4, 0.5) is 0 Å². The normalized spacial score (nSPS) is 21.1. The summed E-state index contributed by atoms with van der Waals surface area (Å²) in [5, 5.41) is 90.9. The maximum absolute atomic E-state index is 15.6. The SMILES string of the molecule is CN[C@H](CC(C)C)C(=O)N[C@H]1C(=O)N[C@@H](CC(N)=O)C(=O)N[C@H]2C(=O)N[C@H]3C(=O)N[C@H](C(=O)N[C@H](C(=O)NCCCCCCCCCCN)c4cc(O)cc(O)c4-c4cc3ccc4O)[C@H](O)c3ccc(c(Cl)c3)Oc3cc2cc(c3O)Oc2ccc(cc2Cl)[C@H]1O. The quantitative estimate of drug-likeness (QED) is 0.0537. The van der Waals surface area contributed by atoms with Crippen LogP contribution in [0.2, 0.25) is 10.0 Å². The number of unbranched alkanes of at least 4 members (excludes halogenated alkanes) is 7. The lowest BCUT2D eigenvalue weighted by atomic mass is 9.89. The van der Waals surface area contributed by atoms with Crippen LogP contribution >= 0.6 is 23.2 Å². The number of aliphatic hydroxyl groups is 2.